The van der Waals surface area contributed by atoms with Crippen LogP contribution >= 0.6 is 11.8 Å². The molecule has 0 saturated heterocycles. The van der Waals surface area contributed by atoms with Gasteiger partial charge in [-0.05, 0) is 57.5 Å². The zero-order valence-corrected chi connectivity index (χ0v) is 20.2. The monoisotopic (exact) mass is 510 g/mol. The van der Waals surface area contributed by atoms with Crippen molar-refractivity contribution in [2.75, 3.05) is 19.8 Å². The summed E-state index contributed by atoms with van der Waals surface area (Å²) in [6, 6.07) is 6.99. The van der Waals surface area contributed by atoms with E-state index in [9.17, 15) is 18.0 Å². The summed E-state index contributed by atoms with van der Waals surface area (Å²) in [7, 11) is 0. The van der Waals surface area contributed by atoms with E-state index in [2.05, 4.69) is 30.3 Å². The van der Waals surface area contributed by atoms with Gasteiger partial charge >= 0.3 is 6.36 Å². The summed E-state index contributed by atoms with van der Waals surface area (Å²) < 4.78 is 48.1. The fraction of sp³-hybridized carbons (Fsp3) is 0.409. The van der Waals surface area contributed by atoms with E-state index in [1.165, 1.54) is 40.7 Å². The van der Waals surface area contributed by atoms with Crippen LogP contribution in [0.5, 0.6) is 5.75 Å². The average Bonchev–Trinajstić information content (AvgIpc) is 3.20. The number of hydrogen-bond donors (Lipinski definition) is 1. The van der Waals surface area contributed by atoms with Crippen LogP contribution in [0.1, 0.15) is 40.9 Å². The maximum Gasteiger partial charge on any atom is 0.573 e. The number of hydrogen-bond acceptors (Lipinski definition) is 8. The van der Waals surface area contributed by atoms with Crippen LogP contribution in [-0.2, 0) is 10.5 Å². The van der Waals surface area contributed by atoms with E-state index < -0.39 is 12.3 Å². The predicted molar refractivity (Wildman–Crippen MR) is 123 cm³/mol. The van der Waals surface area contributed by atoms with Gasteiger partial charge in [0, 0.05) is 36.9 Å². The van der Waals surface area contributed by atoms with Gasteiger partial charge in [-0.25, -0.2) is 14.6 Å². The summed E-state index contributed by atoms with van der Waals surface area (Å²) in [5.41, 5.74) is 2.58. The Bertz CT molecular complexity index is 1120. The molecule has 0 saturated carbocycles. The highest BCUT2D eigenvalue weighted by atomic mass is 32.2. The number of thioether (sulfide) groups is 1. The lowest BCUT2D eigenvalue weighted by atomic mass is 10.2. The van der Waals surface area contributed by atoms with Gasteiger partial charge in [-0.2, -0.15) is 0 Å². The highest BCUT2D eigenvalue weighted by Gasteiger charge is 2.31. The molecule has 0 aliphatic carbocycles. The van der Waals surface area contributed by atoms with Crippen molar-refractivity contribution in [1.29, 1.82) is 0 Å². The van der Waals surface area contributed by atoms with Crippen molar-refractivity contribution in [2.24, 2.45) is 0 Å². The molecule has 35 heavy (non-hydrogen) atoms. The summed E-state index contributed by atoms with van der Waals surface area (Å²) in [4.78, 5) is 21.6. The van der Waals surface area contributed by atoms with Crippen molar-refractivity contribution in [1.82, 2.24) is 30.3 Å². The van der Waals surface area contributed by atoms with Crippen LogP contribution in [0.25, 0.3) is 5.69 Å². The summed E-state index contributed by atoms with van der Waals surface area (Å²) in [6.07, 6.45) is -4.16. The van der Waals surface area contributed by atoms with Crippen molar-refractivity contribution in [3.8, 4) is 11.4 Å². The Morgan fingerprint density at radius 2 is 1.83 bits per heavy atom. The van der Waals surface area contributed by atoms with Crippen LogP contribution in [0.3, 0.4) is 0 Å². The molecule has 0 radical (unpaired) electrons. The maximum absolute atomic E-state index is 12.8. The average molecular weight is 511 g/mol. The molecule has 3 aromatic rings. The minimum Gasteiger partial charge on any atom is -0.406 e. The molecule has 0 aliphatic rings. The molecule has 188 valence electrons. The molecule has 0 aliphatic heterocycles. The van der Waals surface area contributed by atoms with E-state index in [4.69, 9.17) is 4.74 Å². The van der Waals surface area contributed by atoms with E-state index in [-0.39, 0.29) is 17.2 Å². The lowest BCUT2D eigenvalue weighted by molar-refractivity contribution is -0.274. The summed E-state index contributed by atoms with van der Waals surface area (Å²) >= 11 is 1.30. The van der Waals surface area contributed by atoms with Crippen LogP contribution in [0, 0.1) is 13.8 Å². The fourth-order valence-electron chi connectivity index (χ4n) is 3.10. The first kappa shape index (κ1) is 26.4. The zero-order chi connectivity index (χ0) is 25.4. The Morgan fingerprint density at radius 1 is 1.14 bits per heavy atom. The number of nitrogens with one attached hydrogen (secondary N) is 1. The molecule has 0 atom stereocenters. The lowest BCUT2D eigenvalue weighted by Crippen LogP contribution is -2.26. The number of amides is 1. The van der Waals surface area contributed by atoms with Gasteiger partial charge in [-0.1, -0.05) is 17.0 Å². The number of aryl methyl sites for hydroxylation is 2. The Balaban J connectivity index is 1.84. The number of halogens is 3. The van der Waals surface area contributed by atoms with E-state index in [0.717, 1.165) is 11.4 Å². The summed E-state index contributed by atoms with van der Waals surface area (Å²) in [5, 5.41) is 11.4. The molecule has 2 aromatic heterocycles. The number of nitrogens with zero attached hydrogens (tertiary/aromatic N) is 5. The van der Waals surface area contributed by atoms with Crippen LogP contribution < -0.4 is 10.1 Å². The van der Waals surface area contributed by atoms with E-state index in [1.807, 2.05) is 26.8 Å². The number of ether oxygens (including phenoxy) is 2. The number of benzene rings is 1. The standard InChI is InChI=1S/C22H25F3N6O3S/c1-4-33-11-5-10-26-20(32)19-18(13-35-21-27-14(2)12-15(3)28-21)31(30-29-19)16-6-8-17(9-7-16)34-22(23,24)25/h6-9,12H,4-5,10-11,13H2,1-3H3,(H,26,32). The second kappa shape index (κ2) is 12.0. The van der Waals surface area contributed by atoms with Crippen LogP contribution in [0.15, 0.2) is 35.5 Å². The minimum atomic E-state index is -4.80. The quantitative estimate of drug-likeness (QED) is 0.234. The van der Waals surface area contributed by atoms with Crippen molar-refractivity contribution < 1.29 is 27.4 Å². The van der Waals surface area contributed by atoms with E-state index in [0.29, 0.717) is 42.7 Å². The minimum absolute atomic E-state index is 0.105. The first-order valence-corrected chi connectivity index (χ1v) is 11.8. The number of rotatable bonds is 11. The van der Waals surface area contributed by atoms with Crippen LogP contribution in [-0.4, -0.2) is 57.0 Å². The number of aromatic nitrogens is 5. The molecule has 1 amide bonds. The van der Waals surface area contributed by atoms with Crippen molar-refractivity contribution >= 4 is 17.7 Å². The molecule has 0 spiro atoms. The van der Waals surface area contributed by atoms with Gasteiger partial charge in [0.05, 0.1) is 11.4 Å². The zero-order valence-electron chi connectivity index (χ0n) is 19.4. The molecule has 1 aromatic carbocycles. The molecule has 0 fully saturated rings. The maximum atomic E-state index is 12.8. The Hall–Kier alpha value is -3.19. The van der Waals surface area contributed by atoms with Gasteiger partial charge in [0.2, 0.25) is 0 Å². The van der Waals surface area contributed by atoms with Gasteiger partial charge in [-0.15, -0.1) is 18.3 Å². The molecule has 2 heterocycles. The van der Waals surface area contributed by atoms with Gasteiger partial charge in [-0.3, -0.25) is 4.79 Å². The van der Waals surface area contributed by atoms with Crippen molar-refractivity contribution in [2.45, 2.75) is 44.5 Å². The number of alkyl halides is 3. The third kappa shape index (κ3) is 7.92. The van der Waals surface area contributed by atoms with Crippen molar-refractivity contribution in [3.63, 3.8) is 0 Å². The van der Waals surface area contributed by atoms with Gasteiger partial charge < -0.3 is 14.8 Å². The second-order valence-corrected chi connectivity index (χ2v) is 8.31. The van der Waals surface area contributed by atoms with Crippen LogP contribution in [0.2, 0.25) is 0 Å². The molecular formula is C22H25F3N6O3S. The predicted octanol–water partition coefficient (Wildman–Crippen LogP) is 4.02. The van der Waals surface area contributed by atoms with Crippen LogP contribution in [0.4, 0.5) is 13.2 Å². The fourth-order valence-corrected chi connectivity index (χ4v) is 4.04. The third-order valence-electron chi connectivity index (χ3n) is 4.55. The molecule has 13 heteroatoms. The van der Waals surface area contributed by atoms with Gasteiger partial charge in [0.1, 0.15) is 5.75 Å². The van der Waals surface area contributed by atoms with E-state index >= 15 is 0 Å². The van der Waals surface area contributed by atoms with E-state index in [1.54, 1.807) is 0 Å². The molecule has 1 N–H and O–H groups in total. The Morgan fingerprint density at radius 3 is 2.46 bits per heavy atom. The normalized spacial score (nSPS) is 11.5. The van der Waals surface area contributed by atoms with Gasteiger partial charge in [0.25, 0.3) is 5.91 Å². The smallest absolute Gasteiger partial charge is 0.406 e. The SMILES string of the molecule is CCOCCCNC(=O)c1nnn(-c2ccc(OC(F)(F)F)cc2)c1CSc1nc(C)cc(C)n1. The first-order chi connectivity index (χ1) is 16.7. The first-order valence-electron chi connectivity index (χ1n) is 10.8. The summed E-state index contributed by atoms with van der Waals surface area (Å²) in [5.74, 6) is -0.534. The molecule has 3 rings (SSSR count). The van der Waals surface area contributed by atoms with Crippen molar-refractivity contribution in [3.05, 3.63) is 53.1 Å². The third-order valence-corrected chi connectivity index (χ3v) is 5.41. The topological polar surface area (TPSA) is 104 Å². The highest BCUT2D eigenvalue weighted by molar-refractivity contribution is 7.98. The molecule has 0 bridgehead atoms. The molecular weight excluding hydrogens is 485 g/mol. The number of carbonyl (C=O) groups excluding carboxylic acids is 1. The highest BCUT2D eigenvalue weighted by Crippen LogP contribution is 2.26. The number of carbonyl (C=O) groups is 1. The largest absolute Gasteiger partial charge is 0.573 e. The molecule has 0 unspecified atom stereocenters. The van der Waals surface area contributed by atoms with Gasteiger partial charge in [0.15, 0.2) is 10.9 Å². The second-order valence-electron chi connectivity index (χ2n) is 7.37. The Kier molecular flexibility index (Phi) is 9.04. The lowest BCUT2D eigenvalue weighted by Gasteiger charge is -2.11. The Labute approximate surface area is 204 Å². The molecule has 9 nitrogen and oxygen atoms in total. The summed E-state index contributed by atoms with van der Waals surface area (Å²) in [6.45, 7) is 7.11.